The predicted molar refractivity (Wildman–Crippen MR) is 94.6 cm³/mol. The van der Waals surface area contributed by atoms with E-state index in [-0.39, 0.29) is 11.5 Å². The summed E-state index contributed by atoms with van der Waals surface area (Å²) in [4.78, 5) is 35.0. The van der Waals surface area contributed by atoms with E-state index in [1.807, 2.05) is 0 Å². The van der Waals surface area contributed by atoms with Crippen LogP contribution in [0.2, 0.25) is 0 Å². The van der Waals surface area contributed by atoms with Crippen molar-refractivity contribution in [1.82, 2.24) is 5.32 Å². The normalized spacial score (nSPS) is 10.9. The molecule has 6 nitrogen and oxygen atoms in total. The molecule has 0 radical (unpaired) electrons. The molecule has 0 atom stereocenters. The first-order valence-corrected chi connectivity index (χ1v) is 8.13. The first-order chi connectivity index (χ1) is 13.2. The maximum absolute atomic E-state index is 12.7. The van der Waals surface area contributed by atoms with Gasteiger partial charge in [-0.15, -0.1) is 0 Å². The van der Waals surface area contributed by atoms with Gasteiger partial charge in [-0.3, -0.25) is 14.4 Å². The third kappa shape index (κ3) is 6.11. The lowest BCUT2D eigenvalue weighted by molar-refractivity contribution is -0.146. The zero-order valence-corrected chi connectivity index (χ0v) is 14.8. The van der Waals surface area contributed by atoms with Crippen LogP contribution in [0.1, 0.15) is 21.5 Å². The number of carbonyl (C=O) groups is 3. The highest BCUT2D eigenvalue weighted by Crippen LogP contribution is 2.29. The van der Waals surface area contributed by atoms with Crippen molar-refractivity contribution >= 4 is 23.5 Å². The van der Waals surface area contributed by atoms with E-state index in [4.69, 9.17) is 4.74 Å². The largest absolute Gasteiger partial charge is 0.455 e. The molecule has 0 unspecified atom stereocenters. The Kier molecular flexibility index (Phi) is 6.75. The van der Waals surface area contributed by atoms with Crippen LogP contribution in [0.25, 0.3) is 0 Å². The summed E-state index contributed by atoms with van der Waals surface area (Å²) in [5.41, 5.74) is 0.0698. The molecule has 2 aromatic carbocycles. The summed E-state index contributed by atoms with van der Waals surface area (Å²) >= 11 is 0. The number of anilines is 1. The summed E-state index contributed by atoms with van der Waals surface area (Å²) in [5.74, 6) is -1.73. The highest BCUT2D eigenvalue weighted by molar-refractivity contribution is 5.96. The topological polar surface area (TPSA) is 84.5 Å². The molecule has 0 aromatic heterocycles. The minimum atomic E-state index is -4.51. The molecular weight excluding hydrogens is 377 g/mol. The van der Waals surface area contributed by atoms with E-state index in [0.717, 1.165) is 12.1 Å². The van der Waals surface area contributed by atoms with Gasteiger partial charge < -0.3 is 15.4 Å². The van der Waals surface area contributed by atoms with Crippen LogP contribution in [0.3, 0.4) is 0 Å². The first-order valence-electron chi connectivity index (χ1n) is 8.13. The van der Waals surface area contributed by atoms with Crippen molar-refractivity contribution in [1.29, 1.82) is 0 Å². The standard InChI is InChI=1S/C19H17F3N2O4/c1-23-18(27)13-5-7-15(8-6-13)24-16(25)11-28-17(26)10-12-3-2-4-14(9-12)19(20,21)22/h2-9H,10-11H2,1H3,(H,23,27)(H,24,25). The average molecular weight is 394 g/mol. The lowest BCUT2D eigenvalue weighted by atomic mass is 10.1. The fourth-order valence-corrected chi connectivity index (χ4v) is 2.27. The van der Waals surface area contributed by atoms with Gasteiger partial charge in [0.15, 0.2) is 6.61 Å². The molecule has 0 fully saturated rings. The second-order valence-corrected chi connectivity index (χ2v) is 5.74. The van der Waals surface area contributed by atoms with Gasteiger partial charge in [-0.1, -0.05) is 18.2 Å². The van der Waals surface area contributed by atoms with Gasteiger partial charge >= 0.3 is 12.1 Å². The number of rotatable bonds is 6. The Morgan fingerprint density at radius 3 is 2.32 bits per heavy atom. The Morgan fingerprint density at radius 1 is 1.04 bits per heavy atom. The second-order valence-electron chi connectivity index (χ2n) is 5.74. The van der Waals surface area contributed by atoms with Crippen LogP contribution in [0, 0.1) is 0 Å². The molecule has 0 saturated heterocycles. The van der Waals surface area contributed by atoms with Crippen LogP contribution in [0.5, 0.6) is 0 Å². The monoisotopic (exact) mass is 394 g/mol. The number of nitrogens with one attached hydrogen (secondary N) is 2. The number of esters is 1. The van der Waals surface area contributed by atoms with Crippen molar-refractivity contribution in [2.75, 3.05) is 19.0 Å². The molecule has 0 aliphatic heterocycles. The number of halogens is 3. The van der Waals surface area contributed by atoms with E-state index in [0.29, 0.717) is 11.3 Å². The van der Waals surface area contributed by atoms with Gasteiger partial charge in [0.2, 0.25) is 0 Å². The Balaban J connectivity index is 1.84. The number of ether oxygens (including phenoxy) is 1. The van der Waals surface area contributed by atoms with E-state index in [1.165, 1.54) is 43.4 Å². The van der Waals surface area contributed by atoms with Crippen molar-refractivity contribution in [2.45, 2.75) is 12.6 Å². The Hall–Kier alpha value is -3.36. The van der Waals surface area contributed by atoms with Crippen LogP contribution in [0.4, 0.5) is 18.9 Å². The molecule has 0 saturated carbocycles. The number of alkyl halides is 3. The summed E-state index contributed by atoms with van der Waals surface area (Å²) in [7, 11) is 1.49. The zero-order chi connectivity index (χ0) is 20.7. The Bertz CT molecular complexity index is 864. The van der Waals surface area contributed by atoms with E-state index in [9.17, 15) is 27.6 Å². The molecule has 2 amide bonds. The molecule has 0 spiro atoms. The maximum Gasteiger partial charge on any atom is 0.416 e. The van der Waals surface area contributed by atoms with Crippen LogP contribution in [-0.2, 0) is 26.9 Å². The number of benzene rings is 2. The molecule has 2 N–H and O–H groups in total. The maximum atomic E-state index is 12.7. The minimum absolute atomic E-state index is 0.130. The fourth-order valence-electron chi connectivity index (χ4n) is 2.27. The molecule has 148 valence electrons. The van der Waals surface area contributed by atoms with Crippen LogP contribution >= 0.6 is 0 Å². The quantitative estimate of drug-likeness (QED) is 0.738. The summed E-state index contributed by atoms with van der Waals surface area (Å²) in [6, 6.07) is 10.3. The molecule has 2 aromatic rings. The molecular formula is C19H17F3N2O4. The van der Waals surface area contributed by atoms with Gasteiger partial charge in [-0.05, 0) is 35.9 Å². The minimum Gasteiger partial charge on any atom is -0.455 e. The average Bonchev–Trinajstić information content (AvgIpc) is 2.66. The van der Waals surface area contributed by atoms with Gasteiger partial charge in [0.25, 0.3) is 11.8 Å². The van der Waals surface area contributed by atoms with Gasteiger partial charge in [-0.2, -0.15) is 13.2 Å². The molecule has 0 aliphatic rings. The van der Waals surface area contributed by atoms with Crippen molar-refractivity contribution < 1.29 is 32.3 Å². The van der Waals surface area contributed by atoms with E-state index in [1.54, 1.807) is 0 Å². The van der Waals surface area contributed by atoms with E-state index in [2.05, 4.69) is 10.6 Å². The molecule has 9 heteroatoms. The Morgan fingerprint density at radius 2 is 1.71 bits per heavy atom. The van der Waals surface area contributed by atoms with Crippen molar-refractivity contribution in [3.8, 4) is 0 Å². The summed E-state index contributed by atoms with van der Waals surface area (Å²) in [6.45, 7) is -0.588. The summed E-state index contributed by atoms with van der Waals surface area (Å²) in [5, 5.41) is 4.94. The first kappa shape index (κ1) is 20.9. The van der Waals surface area contributed by atoms with Gasteiger partial charge in [0.1, 0.15) is 0 Å². The fraction of sp³-hybridized carbons (Fsp3) is 0.211. The molecule has 0 bridgehead atoms. The molecule has 2 rings (SSSR count). The van der Waals surface area contributed by atoms with Crippen molar-refractivity contribution in [3.05, 3.63) is 65.2 Å². The van der Waals surface area contributed by atoms with Gasteiger partial charge in [-0.25, -0.2) is 0 Å². The SMILES string of the molecule is CNC(=O)c1ccc(NC(=O)COC(=O)Cc2cccc(C(F)(F)F)c2)cc1. The third-order valence-electron chi connectivity index (χ3n) is 3.62. The highest BCUT2D eigenvalue weighted by Gasteiger charge is 2.30. The molecule has 0 heterocycles. The van der Waals surface area contributed by atoms with Crippen LogP contribution in [-0.4, -0.2) is 31.4 Å². The van der Waals surface area contributed by atoms with Crippen LogP contribution < -0.4 is 10.6 Å². The lowest BCUT2D eigenvalue weighted by Gasteiger charge is -2.09. The lowest BCUT2D eigenvalue weighted by Crippen LogP contribution is -2.22. The summed E-state index contributed by atoms with van der Waals surface area (Å²) < 4.78 is 42.8. The molecule has 0 aliphatic carbocycles. The molecule has 28 heavy (non-hydrogen) atoms. The number of hydrogen-bond donors (Lipinski definition) is 2. The highest BCUT2D eigenvalue weighted by atomic mass is 19.4. The third-order valence-corrected chi connectivity index (χ3v) is 3.62. The Labute approximate surface area is 158 Å². The van der Waals surface area contributed by atoms with Crippen molar-refractivity contribution in [3.63, 3.8) is 0 Å². The zero-order valence-electron chi connectivity index (χ0n) is 14.8. The van der Waals surface area contributed by atoms with Gasteiger partial charge in [0.05, 0.1) is 12.0 Å². The van der Waals surface area contributed by atoms with Gasteiger partial charge in [0, 0.05) is 18.3 Å². The van der Waals surface area contributed by atoms with E-state index < -0.39 is 36.6 Å². The van der Waals surface area contributed by atoms with E-state index >= 15 is 0 Å². The number of carbonyl (C=O) groups excluding carboxylic acids is 3. The van der Waals surface area contributed by atoms with Crippen molar-refractivity contribution in [2.24, 2.45) is 0 Å². The smallest absolute Gasteiger partial charge is 0.416 e. The number of hydrogen-bond acceptors (Lipinski definition) is 4. The summed E-state index contributed by atoms with van der Waals surface area (Å²) in [6.07, 6.45) is -4.90. The number of amides is 2. The predicted octanol–water partition coefficient (Wildman–Crippen LogP) is 2.79. The van der Waals surface area contributed by atoms with Crippen LogP contribution in [0.15, 0.2) is 48.5 Å². The second kappa shape index (κ2) is 9.03.